The van der Waals surface area contributed by atoms with E-state index in [1.54, 1.807) is 0 Å². The van der Waals surface area contributed by atoms with Crippen LogP contribution in [0.4, 0.5) is 0 Å². The maximum absolute atomic E-state index is 12.3. The van der Waals surface area contributed by atoms with E-state index in [0.717, 1.165) is 25.8 Å². The predicted molar refractivity (Wildman–Crippen MR) is 69.1 cm³/mol. The molecule has 0 saturated carbocycles. The molecule has 2 unspecified atom stereocenters. The molecule has 0 aromatic carbocycles. The van der Waals surface area contributed by atoms with Crippen molar-refractivity contribution in [2.45, 2.75) is 51.5 Å². The van der Waals surface area contributed by atoms with E-state index in [9.17, 15) is 9.59 Å². The van der Waals surface area contributed by atoms with Crippen LogP contribution in [0.3, 0.4) is 0 Å². The molecule has 0 bridgehead atoms. The van der Waals surface area contributed by atoms with Gasteiger partial charge in [0.25, 0.3) is 0 Å². The summed E-state index contributed by atoms with van der Waals surface area (Å²) in [5.41, 5.74) is 5.48. The number of carbonyl (C=O) groups excluding carboxylic acids is 1. The van der Waals surface area contributed by atoms with Crippen molar-refractivity contribution in [1.82, 2.24) is 4.90 Å². The number of likely N-dealkylation sites (tertiary alicyclic amines) is 1. The molecule has 2 atom stereocenters. The number of carboxylic acid groups (broad SMARTS) is 1. The minimum atomic E-state index is -0.789. The van der Waals surface area contributed by atoms with E-state index in [1.807, 2.05) is 11.8 Å². The molecular formula is C13H24N2O3. The fourth-order valence-electron chi connectivity index (χ4n) is 2.54. The van der Waals surface area contributed by atoms with Gasteiger partial charge in [0.15, 0.2) is 0 Å². The van der Waals surface area contributed by atoms with Crippen molar-refractivity contribution in [3.8, 4) is 0 Å². The summed E-state index contributed by atoms with van der Waals surface area (Å²) in [5.74, 6) is -0.709. The van der Waals surface area contributed by atoms with Gasteiger partial charge in [-0.05, 0) is 38.6 Å². The Hall–Kier alpha value is -1.10. The summed E-state index contributed by atoms with van der Waals surface area (Å²) in [6, 6.07) is 0.0996. The Balaban J connectivity index is 2.57. The average molecular weight is 256 g/mol. The molecule has 1 aliphatic heterocycles. The number of piperidine rings is 1. The average Bonchev–Trinajstić information content (AvgIpc) is 2.36. The zero-order chi connectivity index (χ0) is 13.5. The number of carbonyl (C=O) groups is 2. The second-order valence-electron chi connectivity index (χ2n) is 5.09. The van der Waals surface area contributed by atoms with Crippen LogP contribution >= 0.6 is 0 Å². The molecule has 1 aliphatic rings. The smallest absolute Gasteiger partial charge is 0.303 e. The van der Waals surface area contributed by atoms with Crippen LogP contribution < -0.4 is 5.73 Å². The Labute approximate surface area is 108 Å². The lowest BCUT2D eigenvalue weighted by atomic mass is 9.95. The van der Waals surface area contributed by atoms with Gasteiger partial charge in [-0.2, -0.15) is 0 Å². The monoisotopic (exact) mass is 256 g/mol. The molecule has 1 fully saturated rings. The molecule has 1 saturated heterocycles. The van der Waals surface area contributed by atoms with Gasteiger partial charge in [-0.1, -0.05) is 6.92 Å². The molecule has 0 aromatic rings. The highest BCUT2D eigenvalue weighted by molar-refractivity contribution is 5.79. The maximum Gasteiger partial charge on any atom is 0.303 e. The van der Waals surface area contributed by atoms with Crippen LogP contribution in [0.1, 0.15) is 45.4 Å². The fourth-order valence-corrected chi connectivity index (χ4v) is 2.54. The Morgan fingerprint density at radius 1 is 1.44 bits per heavy atom. The molecule has 1 rings (SSSR count). The van der Waals surface area contributed by atoms with Crippen LogP contribution in [0.2, 0.25) is 0 Å². The molecule has 5 heteroatoms. The minimum Gasteiger partial charge on any atom is -0.481 e. The molecule has 5 nitrogen and oxygen atoms in total. The van der Waals surface area contributed by atoms with Gasteiger partial charge in [0.2, 0.25) is 5.91 Å². The summed E-state index contributed by atoms with van der Waals surface area (Å²) < 4.78 is 0. The lowest BCUT2D eigenvalue weighted by Crippen LogP contribution is -2.46. The number of carboxylic acids is 1. The van der Waals surface area contributed by atoms with Crippen LogP contribution in [0.5, 0.6) is 0 Å². The van der Waals surface area contributed by atoms with E-state index in [4.69, 9.17) is 10.8 Å². The van der Waals surface area contributed by atoms with Gasteiger partial charge in [-0.25, -0.2) is 0 Å². The third-order valence-corrected chi connectivity index (χ3v) is 3.62. The summed E-state index contributed by atoms with van der Waals surface area (Å²) in [6.07, 6.45) is 4.43. The van der Waals surface area contributed by atoms with Gasteiger partial charge in [0.1, 0.15) is 0 Å². The number of aliphatic carboxylic acids is 1. The van der Waals surface area contributed by atoms with Gasteiger partial charge >= 0.3 is 5.97 Å². The number of nitrogens with zero attached hydrogens (tertiary/aromatic N) is 1. The third-order valence-electron chi connectivity index (χ3n) is 3.62. The lowest BCUT2D eigenvalue weighted by Gasteiger charge is -2.37. The van der Waals surface area contributed by atoms with Gasteiger partial charge in [-0.15, -0.1) is 0 Å². The molecule has 1 heterocycles. The SMILES string of the molecule is CC(CCN)C(=O)N1CCCCC1CCC(=O)O. The standard InChI is InChI=1S/C13H24N2O3/c1-10(7-8-14)13(18)15-9-3-2-4-11(15)5-6-12(16)17/h10-11H,2-9,14H2,1H3,(H,16,17). The highest BCUT2D eigenvalue weighted by atomic mass is 16.4. The molecule has 104 valence electrons. The topological polar surface area (TPSA) is 83.6 Å². The van der Waals surface area contributed by atoms with Crippen molar-refractivity contribution in [3.05, 3.63) is 0 Å². The van der Waals surface area contributed by atoms with Crippen LogP contribution in [-0.2, 0) is 9.59 Å². The number of hydrogen-bond acceptors (Lipinski definition) is 3. The highest BCUT2D eigenvalue weighted by Gasteiger charge is 2.29. The Morgan fingerprint density at radius 2 is 2.17 bits per heavy atom. The number of rotatable bonds is 6. The summed E-state index contributed by atoms with van der Waals surface area (Å²) in [7, 11) is 0. The van der Waals surface area contributed by atoms with Crippen molar-refractivity contribution >= 4 is 11.9 Å². The van der Waals surface area contributed by atoms with Crippen molar-refractivity contribution < 1.29 is 14.7 Å². The van der Waals surface area contributed by atoms with Crippen LogP contribution in [0.15, 0.2) is 0 Å². The first-order valence-corrected chi connectivity index (χ1v) is 6.78. The second kappa shape index (κ2) is 7.36. The molecule has 18 heavy (non-hydrogen) atoms. The maximum atomic E-state index is 12.3. The molecule has 3 N–H and O–H groups in total. The van der Waals surface area contributed by atoms with Crippen LogP contribution in [-0.4, -0.2) is 41.0 Å². The van der Waals surface area contributed by atoms with Gasteiger partial charge in [0, 0.05) is 24.9 Å². The molecule has 1 amide bonds. The van der Waals surface area contributed by atoms with E-state index in [1.165, 1.54) is 0 Å². The van der Waals surface area contributed by atoms with Crippen molar-refractivity contribution in [1.29, 1.82) is 0 Å². The Kier molecular flexibility index (Phi) is 6.12. The van der Waals surface area contributed by atoms with Crippen molar-refractivity contribution in [3.63, 3.8) is 0 Å². The molecule has 0 aromatic heterocycles. The summed E-state index contributed by atoms with van der Waals surface area (Å²) in [6.45, 7) is 3.18. The first-order valence-electron chi connectivity index (χ1n) is 6.78. The Morgan fingerprint density at radius 3 is 2.78 bits per heavy atom. The first kappa shape index (κ1) is 15.0. The van der Waals surface area contributed by atoms with E-state index in [0.29, 0.717) is 19.4 Å². The van der Waals surface area contributed by atoms with Crippen molar-refractivity contribution in [2.24, 2.45) is 11.7 Å². The molecule has 0 aliphatic carbocycles. The molecular weight excluding hydrogens is 232 g/mol. The number of hydrogen-bond donors (Lipinski definition) is 2. The number of amides is 1. The predicted octanol–water partition coefficient (Wildman–Crippen LogP) is 1.22. The quantitative estimate of drug-likeness (QED) is 0.748. The fraction of sp³-hybridized carbons (Fsp3) is 0.846. The highest BCUT2D eigenvalue weighted by Crippen LogP contribution is 2.23. The van der Waals surface area contributed by atoms with Gasteiger partial charge in [-0.3, -0.25) is 9.59 Å². The van der Waals surface area contributed by atoms with E-state index in [-0.39, 0.29) is 24.3 Å². The lowest BCUT2D eigenvalue weighted by molar-refractivity contribution is -0.142. The third kappa shape index (κ3) is 4.29. The summed E-state index contributed by atoms with van der Waals surface area (Å²) in [5, 5.41) is 8.74. The van der Waals surface area contributed by atoms with Crippen LogP contribution in [0.25, 0.3) is 0 Å². The molecule has 0 spiro atoms. The number of nitrogens with two attached hydrogens (primary N) is 1. The second-order valence-corrected chi connectivity index (χ2v) is 5.09. The summed E-state index contributed by atoms with van der Waals surface area (Å²) >= 11 is 0. The van der Waals surface area contributed by atoms with E-state index < -0.39 is 5.97 Å². The van der Waals surface area contributed by atoms with Crippen molar-refractivity contribution in [2.75, 3.05) is 13.1 Å². The van der Waals surface area contributed by atoms with E-state index in [2.05, 4.69) is 0 Å². The van der Waals surface area contributed by atoms with E-state index >= 15 is 0 Å². The normalized spacial score (nSPS) is 21.7. The zero-order valence-electron chi connectivity index (χ0n) is 11.1. The largest absolute Gasteiger partial charge is 0.481 e. The summed E-state index contributed by atoms with van der Waals surface area (Å²) in [4.78, 5) is 24.8. The van der Waals surface area contributed by atoms with Crippen LogP contribution in [0, 0.1) is 5.92 Å². The zero-order valence-corrected chi connectivity index (χ0v) is 11.1. The first-order chi connectivity index (χ1) is 8.56. The minimum absolute atomic E-state index is 0.0552. The Bertz CT molecular complexity index is 294. The molecule has 0 radical (unpaired) electrons. The van der Waals surface area contributed by atoms with Gasteiger partial charge < -0.3 is 15.7 Å². The van der Waals surface area contributed by atoms with Gasteiger partial charge in [0.05, 0.1) is 0 Å².